The third kappa shape index (κ3) is 5.43. The van der Waals surface area contributed by atoms with Gasteiger partial charge in [0.1, 0.15) is 11.9 Å². The average molecular weight is 457 g/mol. The Labute approximate surface area is 194 Å². The van der Waals surface area contributed by atoms with Crippen LogP contribution in [-0.4, -0.2) is 67.1 Å². The van der Waals surface area contributed by atoms with Gasteiger partial charge in [-0.25, -0.2) is 0 Å². The van der Waals surface area contributed by atoms with Crippen LogP contribution in [0.2, 0.25) is 5.02 Å². The van der Waals surface area contributed by atoms with Crippen LogP contribution in [0.1, 0.15) is 28.8 Å². The number of amides is 2. The summed E-state index contributed by atoms with van der Waals surface area (Å²) >= 11 is 6.13. The van der Waals surface area contributed by atoms with Crippen LogP contribution in [0, 0.1) is 12.8 Å². The van der Waals surface area contributed by atoms with E-state index in [4.69, 9.17) is 21.1 Å². The summed E-state index contributed by atoms with van der Waals surface area (Å²) in [6, 6.07) is 14.9. The SMILES string of the molecule is Cc1ccccc1C(=O)N1CC[C@H](Oc2cccc(Cl)c2)[C@@H](CC(=O)N2CCOCC2)C1. The molecule has 2 atom stereocenters. The van der Waals surface area contributed by atoms with Crippen molar-refractivity contribution in [3.8, 4) is 5.75 Å². The van der Waals surface area contributed by atoms with E-state index in [1.807, 2.05) is 53.1 Å². The fourth-order valence-corrected chi connectivity index (χ4v) is 4.59. The van der Waals surface area contributed by atoms with Crippen molar-refractivity contribution in [2.24, 2.45) is 5.92 Å². The molecule has 2 amide bonds. The molecule has 0 aliphatic carbocycles. The summed E-state index contributed by atoms with van der Waals surface area (Å²) in [5.41, 5.74) is 1.66. The summed E-state index contributed by atoms with van der Waals surface area (Å²) in [4.78, 5) is 29.9. The standard InChI is InChI=1S/C25H29ClN2O4/c1-18-5-2-3-8-22(18)25(30)28-10-9-23(32-21-7-4-6-20(26)16-21)19(17-28)15-24(29)27-11-13-31-14-12-27/h2-8,16,19,23H,9-15,17H2,1H3/t19-,23-/m0/s1. The molecule has 0 radical (unpaired) electrons. The molecule has 2 fully saturated rings. The summed E-state index contributed by atoms with van der Waals surface area (Å²) < 4.78 is 11.7. The highest BCUT2D eigenvalue weighted by atomic mass is 35.5. The van der Waals surface area contributed by atoms with Crippen LogP contribution in [0.25, 0.3) is 0 Å². The third-order valence-electron chi connectivity index (χ3n) is 6.21. The van der Waals surface area contributed by atoms with Crippen LogP contribution < -0.4 is 4.74 Å². The molecule has 0 N–H and O–H groups in total. The summed E-state index contributed by atoms with van der Waals surface area (Å²) in [7, 11) is 0. The molecule has 0 spiro atoms. The number of aryl methyl sites for hydroxylation is 1. The Morgan fingerprint density at radius 1 is 1.06 bits per heavy atom. The maximum Gasteiger partial charge on any atom is 0.254 e. The lowest BCUT2D eigenvalue weighted by atomic mass is 9.90. The summed E-state index contributed by atoms with van der Waals surface area (Å²) in [5, 5.41) is 0.607. The Morgan fingerprint density at radius 2 is 1.84 bits per heavy atom. The van der Waals surface area contributed by atoms with Crippen molar-refractivity contribution in [3.63, 3.8) is 0 Å². The van der Waals surface area contributed by atoms with Gasteiger partial charge in [0, 0.05) is 55.5 Å². The monoisotopic (exact) mass is 456 g/mol. The van der Waals surface area contributed by atoms with E-state index in [1.165, 1.54) is 0 Å². The van der Waals surface area contributed by atoms with E-state index >= 15 is 0 Å². The Balaban J connectivity index is 1.50. The second kappa shape index (κ2) is 10.4. The lowest BCUT2D eigenvalue weighted by Gasteiger charge is -2.39. The van der Waals surface area contributed by atoms with Gasteiger partial charge >= 0.3 is 0 Å². The zero-order chi connectivity index (χ0) is 22.5. The topological polar surface area (TPSA) is 59.1 Å². The van der Waals surface area contributed by atoms with Crippen molar-refractivity contribution in [1.29, 1.82) is 0 Å². The number of hydrogen-bond donors (Lipinski definition) is 0. The van der Waals surface area contributed by atoms with Gasteiger partial charge in [-0.15, -0.1) is 0 Å². The van der Waals surface area contributed by atoms with E-state index in [2.05, 4.69) is 0 Å². The molecule has 2 aromatic carbocycles. The van der Waals surface area contributed by atoms with Crippen molar-refractivity contribution in [1.82, 2.24) is 9.80 Å². The average Bonchev–Trinajstić information content (AvgIpc) is 2.80. The summed E-state index contributed by atoms with van der Waals surface area (Å²) in [6.07, 6.45) is 0.827. The molecule has 2 aromatic rings. The van der Waals surface area contributed by atoms with Crippen molar-refractivity contribution in [3.05, 3.63) is 64.7 Å². The molecule has 2 aliphatic rings. The van der Waals surface area contributed by atoms with Gasteiger partial charge in [0.15, 0.2) is 0 Å². The minimum absolute atomic E-state index is 0.00753. The van der Waals surface area contributed by atoms with Crippen LogP contribution in [0.3, 0.4) is 0 Å². The van der Waals surface area contributed by atoms with Gasteiger partial charge in [0.25, 0.3) is 5.91 Å². The van der Waals surface area contributed by atoms with Crippen LogP contribution in [0.15, 0.2) is 48.5 Å². The zero-order valence-electron chi connectivity index (χ0n) is 18.3. The number of morpholine rings is 1. The predicted molar refractivity (Wildman–Crippen MR) is 123 cm³/mol. The molecule has 4 rings (SSSR count). The van der Waals surface area contributed by atoms with Gasteiger partial charge in [0.05, 0.1) is 13.2 Å². The van der Waals surface area contributed by atoms with E-state index < -0.39 is 0 Å². The molecule has 2 heterocycles. The van der Waals surface area contributed by atoms with E-state index in [9.17, 15) is 9.59 Å². The molecule has 2 saturated heterocycles. The number of rotatable bonds is 5. The van der Waals surface area contributed by atoms with Crippen LogP contribution >= 0.6 is 11.6 Å². The van der Waals surface area contributed by atoms with E-state index in [0.717, 1.165) is 5.56 Å². The predicted octanol–water partition coefficient (Wildman–Crippen LogP) is 3.81. The third-order valence-corrected chi connectivity index (χ3v) is 6.45. The molecule has 32 heavy (non-hydrogen) atoms. The van der Waals surface area contributed by atoms with Gasteiger partial charge in [-0.3, -0.25) is 9.59 Å². The first-order valence-electron chi connectivity index (χ1n) is 11.1. The number of carbonyl (C=O) groups excluding carboxylic acids is 2. The molecular weight excluding hydrogens is 428 g/mol. The Bertz CT molecular complexity index is 960. The van der Waals surface area contributed by atoms with Crippen molar-refractivity contribution in [2.75, 3.05) is 39.4 Å². The van der Waals surface area contributed by atoms with Crippen LogP contribution in [-0.2, 0) is 9.53 Å². The minimum atomic E-state index is -0.167. The lowest BCUT2D eigenvalue weighted by molar-refractivity contribution is -0.137. The Hall–Kier alpha value is -2.57. The molecule has 7 heteroatoms. The van der Waals surface area contributed by atoms with E-state index in [-0.39, 0.29) is 23.8 Å². The number of piperidine rings is 1. The smallest absolute Gasteiger partial charge is 0.254 e. The molecule has 0 aromatic heterocycles. The summed E-state index contributed by atoms with van der Waals surface area (Å²) in [5.74, 6) is 0.673. The largest absolute Gasteiger partial charge is 0.490 e. The molecule has 0 saturated carbocycles. The Kier molecular flexibility index (Phi) is 7.33. The fraction of sp³-hybridized carbons (Fsp3) is 0.440. The number of benzene rings is 2. The van der Waals surface area contributed by atoms with Gasteiger partial charge in [-0.1, -0.05) is 35.9 Å². The van der Waals surface area contributed by atoms with Crippen LogP contribution in [0.5, 0.6) is 5.75 Å². The number of ether oxygens (including phenoxy) is 2. The van der Waals surface area contributed by atoms with Crippen molar-refractivity contribution >= 4 is 23.4 Å². The maximum absolute atomic E-state index is 13.2. The lowest BCUT2D eigenvalue weighted by Crippen LogP contribution is -2.50. The molecule has 6 nitrogen and oxygen atoms in total. The second-order valence-electron chi connectivity index (χ2n) is 8.43. The fourth-order valence-electron chi connectivity index (χ4n) is 4.41. The first-order valence-corrected chi connectivity index (χ1v) is 11.5. The highest BCUT2D eigenvalue weighted by Gasteiger charge is 2.36. The van der Waals surface area contributed by atoms with Gasteiger partial charge in [-0.05, 0) is 36.8 Å². The second-order valence-corrected chi connectivity index (χ2v) is 8.86. The number of halogens is 1. The first kappa shape index (κ1) is 22.6. The maximum atomic E-state index is 13.2. The van der Waals surface area contributed by atoms with Crippen molar-refractivity contribution in [2.45, 2.75) is 25.9 Å². The number of hydrogen-bond acceptors (Lipinski definition) is 4. The molecule has 170 valence electrons. The van der Waals surface area contributed by atoms with E-state index in [0.29, 0.717) is 68.6 Å². The highest BCUT2D eigenvalue weighted by Crippen LogP contribution is 2.29. The Morgan fingerprint density at radius 3 is 2.59 bits per heavy atom. The minimum Gasteiger partial charge on any atom is -0.490 e. The zero-order valence-corrected chi connectivity index (χ0v) is 19.1. The van der Waals surface area contributed by atoms with Gasteiger partial charge < -0.3 is 19.3 Å². The quantitative estimate of drug-likeness (QED) is 0.686. The molecule has 2 aliphatic heterocycles. The number of likely N-dealkylation sites (tertiary alicyclic amines) is 1. The summed E-state index contributed by atoms with van der Waals surface area (Å²) in [6.45, 7) is 5.36. The van der Waals surface area contributed by atoms with E-state index in [1.54, 1.807) is 12.1 Å². The molecule has 0 unspecified atom stereocenters. The molecule has 0 bridgehead atoms. The number of nitrogens with zero attached hydrogens (tertiary/aromatic N) is 2. The number of carbonyl (C=O) groups is 2. The first-order chi connectivity index (χ1) is 15.5. The normalized spacial score (nSPS) is 21.3. The van der Waals surface area contributed by atoms with Crippen LogP contribution in [0.4, 0.5) is 0 Å². The van der Waals surface area contributed by atoms with Gasteiger partial charge in [-0.2, -0.15) is 0 Å². The highest BCUT2D eigenvalue weighted by molar-refractivity contribution is 6.30. The van der Waals surface area contributed by atoms with Gasteiger partial charge in [0.2, 0.25) is 5.91 Å². The molecular formula is C25H29ClN2O4. The van der Waals surface area contributed by atoms with Crippen molar-refractivity contribution < 1.29 is 19.1 Å².